The summed E-state index contributed by atoms with van der Waals surface area (Å²) in [6, 6.07) is 9.76. The van der Waals surface area contributed by atoms with E-state index < -0.39 is 0 Å². The summed E-state index contributed by atoms with van der Waals surface area (Å²) in [7, 11) is 0. The first-order chi connectivity index (χ1) is 8.69. The van der Waals surface area contributed by atoms with Crippen molar-refractivity contribution >= 4 is 0 Å². The summed E-state index contributed by atoms with van der Waals surface area (Å²) < 4.78 is 5.51. The highest BCUT2D eigenvalue weighted by Gasteiger charge is 2.01. The molecule has 1 aromatic carbocycles. The number of H-pyrrole nitrogens is 1. The van der Waals surface area contributed by atoms with E-state index in [0.29, 0.717) is 12.4 Å². The predicted molar refractivity (Wildman–Crippen MR) is 72.0 cm³/mol. The van der Waals surface area contributed by atoms with Gasteiger partial charge in [0.15, 0.2) is 5.75 Å². The highest BCUT2D eigenvalue weighted by molar-refractivity contribution is 5.24. The number of nitrogens with one attached hydrogen (secondary N) is 1. The molecule has 94 valence electrons. The van der Waals surface area contributed by atoms with E-state index in [1.807, 2.05) is 19.1 Å². The lowest BCUT2D eigenvalue weighted by atomic mass is 10.1. The van der Waals surface area contributed by atoms with Crippen LogP contribution in [0.25, 0.3) is 0 Å². The van der Waals surface area contributed by atoms with E-state index in [1.54, 1.807) is 6.20 Å². The Morgan fingerprint density at radius 2 is 1.83 bits per heavy atom. The van der Waals surface area contributed by atoms with Gasteiger partial charge in [-0.3, -0.25) is 4.79 Å². The lowest BCUT2D eigenvalue weighted by Crippen LogP contribution is -2.08. The monoisotopic (exact) mass is 243 g/mol. The van der Waals surface area contributed by atoms with Crippen LogP contribution >= 0.6 is 0 Å². The minimum absolute atomic E-state index is 0.0866. The van der Waals surface area contributed by atoms with Gasteiger partial charge < -0.3 is 9.72 Å². The number of aromatic amines is 1. The van der Waals surface area contributed by atoms with Crippen LogP contribution in [0.15, 0.2) is 41.3 Å². The molecule has 2 rings (SSSR count). The van der Waals surface area contributed by atoms with Gasteiger partial charge in [-0.15, -0.1) is 0 Å². The number of aromatic nitrogens is 1. The van der Waals surface area contributed by atoms with Gasteiger partial charge in [0, 0.05) is 18.0 Å². The molecule has 18 heavy (non-hydrogen) atoms. The maximum atomic E-state index is 11.6. The fraction of sp³-hybridized carbons (Fsp3) is 0.267. The number of pyridine rings is 1. The van der Waals surface area contributed by atoms with E-state index in [0.717, 1.165) is 17.7 Å². The van der Waals surface area contributed by atoms with E-state index in [9.17, 15) is 4.79 Å². The molecule has 2 aromatic rings. The molecule has 0 bridgehead atoms. The Morgan fingerprint density at radius 3 is 2.44 bits per heavy atom. The van der Waals surface area contributed by atoms with E-state index in [1.165, 1.54) is 11.6 Å². The highest BCUT2D eigenvalue weighted by Crippen LogP contribution is 2.09. The van der Waals surface area contributed by atoms with E-state index >= 15 is 0 Å². The Balaban J connectivity index is 2.04. The minimum atomic E-state index is -0.0866. The molecule has 0 saturated carbocycles. The van der Waals surface area contributed by atoms with Gasteiger partial charge in [0.25, 0.3) is 0 Å². The average molecular weight is 243 g/mol. The Hall–Kier alpha value is -2.03. The standard InChI is InChI=1S/C15H17NO2/c1-3-12-4-6-13(7-5-12)10-18-15-9-16-11(2)8-14(15)17/h4-9H,3,10H2,1-2H3,(H,16,17). The van der Waals surface area contributed by atoms with E-state index in [2.05, 4.69) is 24.0 Å². The third-order valence-electron chi connectivity index (χ3n) is 2.85. The van der Waals surface area contributed by atoms with Crippen molar-refractivity contribution in [2.45, 2.75) is 26.9 Å². The third kappa shape index (κ3) is 3.00. The summed E-state index contributed by atoms with van der Waals surface area (Å²) in [4.78, 5) is 14.6. The molecule has 0 aliphatic carbocycles. The van der Waals surface area contributed by atoms with Crippen molar-refractivity contribution in [1.82, 2.24) is 4.98 Å². The summed E-state index contributed by atoms with van der Waals surface area (Å²) in [5, 5.41) is 0. The normalized spacial score (nSPS) is 10.3. The predicted octanol–water partition coefficient (Wildman–Crippen LogP) is 2.82. The fourth-order valence-corrected chi connectivity index (χ4v) is 1.71. The van der Waals surface area contributed by atoms with Crippen molar-refractivity contribution in [3.8, 4) is 5.75 Å². The molecule has 1 N–H and O–H groups in total. The van der Waals surface area contributed by atoms with Crippen LogP contribution in [-0.4, -0.2) is 4.98 Å². The molecule has 0 fully saturated rings. The SMILES string of the molecule is CCc1ccc(COc2c[nH]c(C)cc2=O)cc1. The maximum absolute atomic E-state index is 11.6. The number of rotatable bonds is 4. The van der Waals surface area contributed by atoms with Crippen LogP contribution < -0.4 is 10.2 Å². The third-order valence-corrected chi connectivity index (χ3v) is 2.85. The molecular weight excluding hydrogens is 226 g/mol. The first-order valence-electron chi connectivity index (χ1n) is 6.09. The van der Waals surface area contributed by atoms with Gasteiger partial charge in [0.2, 0.25) is 5.43 Å². The summed E-state index contributed by atoms with van der Waals surface area (Å²) in [5.74, 6) is 0.361. The van der Waals surface area contributed by atoms with E-state index in [4.69, 9.17) is 4.74 Å². The van der Waals surface area contributed by atoms with Gasteiger partial charge in [0.05, 0.1) is 0 Å². The van der Waals surface area contributed by atoms with Crippen LogP contribution in [0.2, 0.25) is 0 Å². The van der Waals surface area contributed by atoms with Crippen molar-refractivity contribution < 1.29 is 4.74 Å². The second-order valence-corrected chi connectivity index (χ2v) is 4.30. The Bertz CT molecular complexity index is 570. The molecule has 0 aliphatic rings. The van der Waals surface area contributed by atoms with Crippen molar-refractivity contribution in [2.24, 2.45) is 0 Å². The fourth-order valence-electron chi connectivity index (χ4n) is 1.71. The number of hydrogen-bond acceptors (Lipinski definition) is 2. The molecule has 0 spiro atoms. The zero-order valence-electron chi connectivity index (χ0n) is 10.7. The van der Waals surface area contributed by atoms with Crippen LogP contribution in [-0.2, 0) is 13.0 Å². The number of aryl methyl sites for hydroxylation is 2. The lowest BCUT2D eigenvalue weighted by Gasteiger charge is -2.06. The van der Waals surface area contributed by atoms with Gasteiger partial charge >= 0.3 is 0 Å². The summed E-state index contributed by atoms with van der Waals surface area (Å²) in [6.07, 6.45) is 2.64. The van der Waals surface area contributed by atoms with Crippen molar-refractivity contribution in [2.75, 3.05) is 0 Å². The lowest BCUT2D eigenvalue weighted by molar-refractivity contribution is 0.302. The molecule has 0 unspecified atom stereocenters. The second kappa shape index (κ2) is 5.54. The van der Waals surface area contributed by atoms with Crippen LogP contribution in [0.5, 0.6) is 5.75 Å². The maximum Gasteiger partial charge on any atom is 0.223 e. The van der Waals surface area contributed by atoms with Gasteiger partial charge in [0.1, 0.15) is 6.61 Å². The number of hydrogen-bond donors (Lipinski definition) is 1. The summed E-state index contributed by atoms with van der Waals surface area (Å²) >= 11 is 0. The molecule has 3 nitrogen and oxygen atoms in total. The molecule has 0 atom stereocenters. The Labute approximate surface area is 106 Å². The molecule has 1 aromatic heterocycles. The summed E-state index contributed by atoms with van der Waals surface area (Å²) in [6.45, 7) is 4.38. The largest absolute Gasteiger partial charge is 0.483 e. The topological polar surface area (TPSA) is 42.1 Å². The minimum Gasteiger partial charge on any atom is -0.483 e. The molecule has 0 saturated heterocycles. The molecule has 3 heteroatoms. The van der Waals surface area contributed by atoms with Gasteiger partial charge in [-0.2, -0.15) is 0 Å². The number of ether oxygens (including phenoxy) is 1. The van der Waals surface area contributed by atoms with Crippen LogP contribution in [0.1, 0.15) is 23.7 Å². The van der Waals surface area contributed by atoms with Crippen LogP contribution in [0.3, 0.4) is 0 Å². The van der Waals surface area contributed by atoms with Gasteiger partial charge in [-0.25, -0.2) is 0 Å². The smallest absolute Gasteiger partial charge is 0.223 e. The average Bonchev–Trinajstić information content (AvgIpc) is 2.38. The zero-order chi connectivity index (χ0) is 13.0. The zero-order valence-corrected chi connectivity index (χ0v) is 10.7. The van der Waals surface area contributed by atoms with Crippen LogP contribution in [0, 0.1) is 6.92 Å². The molecular formula is C15H17NO2. The molecule has 0 aliphatic heterocycles. The molecule has 0 radical (unpaired) electrons. The van der Waals surface area contributed by atoms with Crippen LogP contribution in [0.4, 0.5) is 0 Å². The first kappa shape index (κ1) is 12.4. The van der Waals surface area contributed by atoms with Crippen molar-refractivity contribution in [3.05, 3.63) is 63.6 Å². The van der Waals surface area contributed by atoms with Crippen molar-refractivity contribution in [1.29, 1.82) is 0 Å². The van der Waals surface area contributed by atoms with E-state index in [-0.39, 0.29) is 5.43 Å². The quantitative estimate of drug-likeness (QED) is 0.897. The summed E-state index contributed by atoms with van der Waals surface area (Å²) in [5.41, 5.74) is 3.11. The Kier molecular flexibility index (Phi) is 3.82. The second-order valence-electron chi connectivity index (χ2n) is 4.30. The van der Waals surface area contributed by atoms with Crippen molar-refractivity contribution in [3.63, 3.8) is 0 Å². The van der Waals surface area contributed by atoms with Gasteiger partial charge in [-0.1, -0.05) is 31.2 Å². The highest BCUT2D eigenvalue weighted by atomic mass is 16.5. The Morgan fingerprint density at radius 1 is 1.17 bits per heavy atom. The first-order valence-corrected chi connectivity index (χ1v) is 6.09. The molecule has 1 heterocycles. The van der Waals surface area contributed by atoms with Gasteiger partial charge in [-0.05, 0) is 24.5 Å². The molecule has 0 amide bonds. The number of benzene rings is 1.